The zero-order valence-electron chi connectivity index (χ0n) is 20.3. The molecule has 0 unspecified atom stereocenters. The molecular weight excluding hydrogens is 447 g/mol. The molecular formula is C26H33FN6O2. The van der Waals surface area contributed by atoms with Crippen LogP contribution in [0.3, 0.4) is 0 Å². The number of aromatic nitrogens is 4. The first-order valence-corrected chi connectivity index (χ1v) is 12.3. The zero-order valence-corrected chi connectivity index (χ0v) is 20.3. The Morgan fingerprint density at radius 2 is 2.00 bits per heavy atom. The second kappa shape index (κ2) is 11.8. The van der Waals surface area contributed by atoms with Crippen LogP contribution in [0.25, 0.3) is 0 Å². The van der Waals surface area contributed by atoms with E-state index < -0.39 is 0 Å². The van der Waals surface area contributed by atoms with Crippen molar-refractivity contribution in [2.24, 2.45) is 5.92 Å². The van der Waals surface area contributed by atoms with Crippen LogP contribution in [0.4, 0.5) is 15.8 Å². The molecule has 8 nitrogen and oxygen atoms in total. The zero-order chi connectivity index (χ0) is 24.6. The highest BCUT2D eigenvalue weighted by atomic mass is 19.1. The van der Waals surface area contributed by atoms with Crippen molar-refractivity contribution in [1.29, 1.82) is 0 Å². The molecule has 1 saturated carbocycles. The Morgan fingerprint density at radius 1 is 1.20 bits per heavy atom. The van der Waals surface area contributed by atoms with E-state index in [0.29, 0.717) is 34.8 Å². The van der Waals surface area contributed by atoms with Gasteiger partial charge in [0.1, 0.15) is 11.6 Å². The maximum Gasteiger partial charge on any atom is 0.228 e. The van der Waals surface area contributed by atoms with Crippen molar-refractivity contribution in [3.05, 3.63) is 59.7 Å². The molecule has 2 N–H and O–H groups in total. The topological polar surface area (TPSA) is 96.0 Å². The van der Waals surface area contributed by atoms with E-state index in [0.717, 1.165) is 25.1 Å². The molecule has 1 aromatic heterocycles. The highest BCUT2D eigenvalue weighted by Gasteiger charge is 2.25. The Hall–Kier alpha value is -3.49. The van der Waals surface area contributed by atoms with Gasteiger partial charge in [-0.3, -0.25) is 4.79 Å². The number of carbonyl (C=O) groups excluding carboxylic acids is 1. The van der Waals surface area contributed by atoms with Gasteiger partial charge < -0.3 is 15.0 Å². The van der Waals surface area contributed by atoms with E-state index in [4.69, 9.17) is 4.74 Å². The molecule has 0 spiro atoms. The summed E-state index contributed by atoms with van der Waals surface area (Å²) in [6.07, 6.45) is 5.89. The Kier molecular flexibility index (Phi) is 8.28. The highest BCUT2D eigenvalue weighted by molar-refractivity contribution is 5.96. The van der Waals surface area contributed by atoms with E-state index in [9.17, 15) is 9.18 Å². The summed E-state index contributed by atoms with van der Waals surface area (Å²) in [5.41, 5.74) is 1.98. The van der Waals surface area contributed by atoms with E-state index in [1.165, 1.54) is 25.3 Å². The van der Waals surface area contributed by atoms with Crippen LogP contribution in [-0.4, -0.2) is 39.1 Å². The third-order valence-electron chi connectivity index (χ3n) is 6.19. The first-order valence-electron chi connectivity index (χ1n) is 12.3. The standard InChI is InChI=1S/C26H33FN6O2/c1-18(2)16-33(20-9-4-3-5-10-20)24-13-12-21(35-17-25-29-31-32-30-25)15-23(24)28-26(34)14-19-8-6-7-11-22(19)27/h6-8,11-13,15,18,20H,3-5,9-10,14,16-17H2,1-2H3,(H,28,34)(H,29,30,31,32). The number of rotatable bonds is 10. The van der Waals surface area contributed by atoms with Crippen molar-refractivity contribution < 1.29 is 13.9 Å². The second-order valence-electron chi connectivity index (χ2n) is 9.45. The van der Waals surface area contributed by atoms with Gasteiger partial charge >= 0.3 is 0 Å². The van der Waals surface area contributed by atoms with Crippen molar-refractivity contribution >= 4 is 17.3 Å². The van der Waals surface area contributed by atoms with Gasteiger partial charge in [0.15, 0.2) is 6.61 Å². The molecule has 2 aromatic carbocycles. The summed E-state index contributed by atoms with van der Waals surface area (Å²) in [7, 11) is 0. The van der Waals surface area contributed by atoms with E-state index in [-0.39, 0.29) is 24.8 Å². The molecule has 1 aliphatic carbocycles. The largest absolute Gasteiger partial charge is 0.485 e. The number of anilines is 2. The molecule has 0 aliphatic heterocycles. The molecule has 1 aliphatic rings. The van der Waals surface area contributed by atoms with Gasteiger partial charge in [-0.2, -0.15) is 5.21 Å². The van der Waals surface area contributed by atoms with Crippen molar-refractivity contribution in [2.45, 2.75) is 65.0 Å². The average Bonchev–Trinajstić information content (AvgIpc) is 3.37. The second-order valence-corrected chi connectivity index (χ2v) is 9.45. The van der Waals surface area contributed by atoms with Gasteiger partial charge in [-0.1, -0.05) is 56.5 Å². The molecule has 1 heterocycles. The lowest BCUT2D eigenvalue weighted by molar-refractivity contribution is -0.115. The van der Waals surface area contributed by atoms with Crippen LogP contribution in [0, 0.1) is 11.7 Å². The van der Waals surface area contributed by atoms with Gasteiger partial charge in [-0.25, -0.2) is 4.39 Å². The van der Waals surface area contributed by atoms with E-state index in [1.807, 2.05) is 18.2 Å². The molecule has 9 heteroatoms. The smallest absolute Gasteiger partial charge is 0.228 e. The molecule has 0 bridgehead atoms. The number of hydrogen-bond acceptors (Lipinski definition) is 6. The lowest BCUT2D eigenvalue weighted by Crippen LogP contribution is -2.40. The summed E-state index contributed by atoms with van der Waals surface area (Å²) in [5.74, 6) is 0.798. The third-order valence-corrected chi connectivity index (χ3v) is 6.19. The maximum atomic E-state index is 14.2. The lowest BCUT2D eigenvalue weighted by atomic mass is 9.93. The number of halogens is 1. The summed E-state index contributed by atoms with van der Waals surface area (Å²) in [6.45, 7) is 5.43. The van der Waals surface area contributed by atoms with Crippen molar-refractivity contribution in [3.63, 3.8) is 0 Å². The fourth-order valence-electron chi connectivity index (χ4n) is 4.59. The number of ether oxygens (including phenoxy) is 1. The van der Waals surface area contributed by atoms with Crippen LogP contribution < -0.4 is 15.0 Å². The molecule has 0 saturated heterocycles. The lowest BCUT2D eigenvalue weighted by Gasteiger charge is -2.38. The van der Waals surface area contributed by atoms with Crippen molar-refractivity contribution in [2.75, 3.05) is 16.8 Å². The van der Waals surface area contributed by atoms with Crippen LogP contribution in [0.15, 0.2) is 42.5 Å². The van der Waals surface area contributed by atoms with Gasteiger partial charge in [-0.05, 0) is 42.5 Å². The maximum absolute atomic E-state index is 14.2. The predicted molar refractivity (Wildman–Crippen MR) is 133 cm³/mol. The van der Waals surface area contributed by atoms with E-state index >= 15 is 0 Å². The van der Waals surface area contributed by atoms with Crippen LogP contribution >= 0.6 is 0 Å². The minimum atomic E-state index is -0.385. The summed E-state index contributed by atoms with van der Waals surface area (Å²) in [6, 6.07) is 12.5. The number of hydrogen-bond donors (Lipinski definition) is 2. The average molecular weight is 481 g/mol. The van der Waals surface area contributed by atoms with E-state index in [1.54, 1.807) is 18.2 Å². The quantitative estimate of drug-likeness (QED) is 0.429. The van der Waals surface area contributed by atoms with Crippen LogP contribution in [0.1, 0.15) is 57.3 Å². The number of aromatic amines is 1. The first-order chi connectivity index (χ1) is 17.0. The van der Waals surface area contributed by atoms with Gasteiger partial charge in [-0.15, -0.1) is 10.2 Å². The predicted octanol–water partition coefficient (Wildman–Crippen LogP) is 4.89. The number of tetrazole rings is 1. The van der Waals surface area contributed by atoms with Crippen molar-refractivity contribution in [1.82, 2.24) is 20.6 Å². The fourth-order valence-corrected chi connectivity index (χ4v) is 4.59. The molecule has 1 fully saturated rings. The molecule has 186 valence electrons. The summed E-state index contributed by atoms with van der Waals surface area (Å²) in [5, 5.41) is 16.8. The normalized spacial score (nSPS) is 14.2. The first kappa shape index (κ1) is 24.6. The molecule has 35 heavy (non-hydrogen) atoms. The minimum absolute atomic E-state index is 0.0479. The number of nitrogens with zero attached hydrogens (tertiary/aromatic N) is 4. The summed E-state index contributed by atoms with van der Waals surface area (Å²) < 4.78 is 20.0. The van der Waals surface area contributed by atoms with Crippen LogP contribution in [-0.2, 0) is 17.8 Å². The van der Waals surface area contributed by atoms with E-state index in [2.05, 4.69) is 44.7 Å². The monoisotopic (exact) mass is 480 g/mol. The summed E-state index contributed by atoms with van der Waals surface area (Å²) in [4.78, 5) is 15.4. The molecule has 0 radical (unpaired) electrons. The Bertz CT molecular complexity index is 1100. The molecule has 0 atom stereocenters. The molecule has 1 amide bonds. The molecule has 3 aromatic rings. The summed E-state index contributed by atoms with van der Waals surface area (Å²) >= 11 is 0. The fraction of sp³-hybridized carbons (Fsp3) is 0.462. The van der Waals surface area contributed by atoms with Gasteiger partial charge in [0, 0.05) is 18.7 Å². The number of benzene rings is 2. The highest BCUT2D eigenvalue weighted by Crippen LogP contribution is 2.36. The van der Waals surface area contributed by atoms with Gasteiger partial charge in [0.05, 0.1) is 17.8 Å². The van der Waals surface area contributed by atoms with Crippen LogP contribution in [0.2, 0.25) is 0 Å². The Morgan fingerprint density at radius 3 is 2.71 bits per heavy atom. The number of nitrogens with one attached hydrogen (secondary N) is 2. The molecule has 4 rings (SSSR count). The van der Waals surface area contributed by atoms with Gasteiger partial charge in [0.2, 0.25) is 11.7 Å². The number of carbonyl (C=O) groups is 1. The van der Waals surface area contributed by atoms with Crippen LogP contribution in [0.5, 0.6) is 5.75 Å². The number of H-pyrrole nitrogens is 1. The van der Waals surface area contributed by atoms with Crippen molar-refractivity contribution in [3.8, 4) is 5.75 Å². The third kappa shape index (κ3) is 6.77. The Balaban J connectivity index is 1.61. The number of amides is 1. The van der Waals surface area contributed by atoms with Gasteiger partial charge in [0.25, 0.3) is 0 Å². The minimum Gasteiger partial charge on any atom is -0.485 e. The SMILES string of the molecule is CC(C)CN(c1ccc(OCc2nn[nH]n2)cc1NC(=O)Cc1ccccc1F)C1CCCCC1. The Labute approximate surface area is 205 Å².